The first-order chi connectivity index (χ1) is 18.7. The van der Waals surface area contributed by atoms with Crippen molar-refractivity contribution in [2.45, 2.75) is 145 Å². The number of unbranched alkanes of at least 4 members (excludes halogenated alkanes) is 4. The molecule has 1 rings (SSSR count). The van der Waals surface area contributed by atoms with Crippen LogP contribution in [0.1, 0.15) is 145 Å². The maximum atomic E-state index is 4.40. The van der Waals surface area contributed by atoms with Gasteiger partial charge < -0.3 is 9.80 Å². The Balaban J connectivity index is 2.18. The molecule has 0 aromatic heterocycles. The average molecular weight is 545 g/mol. The number of rotatable bonds is 22. The summed E-state index contributed by atoms with van der Waals surface area (Å²) in [5, 5.41) is 0. The predicted octanol–water partition coefficient (Wildman–Crippen LogP) is 11.2. The lowest BCUT2D eigenvalue weighted by Crippen LogP contribution is -2.31. The molecule has 0 aromatic carbocycles. The molecule has 1 saturated carbocycles. The molecule has 1 fully saturated rings. The van der Waals surface area contributed by atoms with E-state index in [4.69, 9.17) is 0 Å². The summed E-state index contributed by atoms with van der Waals surface area (Å²) in [6, 6.07) is 0. The largest absolute Gasteiger partial charge is 0.362 e. The molecular weight excluding hydrogens is 472 g/mol. The summed E-state index contributed by atoms with van der Waals surface area (Å²) in [6.07, 6.45) is 25.1. The van der Waals surface area contributed by atoms with Crippen molar-refractivity contribution >= 4 is 0 Å². The summed E-state index contributed by atoms with van der Waals surface area (Å²) in [5.74, 6) is 7.57. The van der Waals surface area contributed by atoms with Gasteiger partial charge in [0.2, 0.25) is 0 Å². The SMILES string of the molecule is C=C(N(C)CCCC/C=C/CC(C)C(CC)C(CC)CCC)N(C)CCCCCC1CC(C)C(C)C(CC)C1. The van der Waals surface area contributed by atoms with Gasteiger partial charge in [-0.1, -0.05) is 119 Å². The molecule has 0 aliphatic heterocycles. The zero-order valence-electron chi connectivity index (χ0n) is 28.3. The molecule has 0 saturated heterocycles. The van der Waals surface area contributed by atoms with Crippen molar-refractivity contribution in [3.8, 4) is 0 Å². The van der Waals surface area contributed by atoms with E-state index in [1.54, 1.807) is 0 Å². The monoisotopic (exact) mass is 545 g/mol. The molecule has 0 radical (unpaired) electrons. The first kappa shape index (κ1) is 36.1. The van der Waals surface area contributed by atoms with Crippen LogP contribution in [0.2, 0.25) is 0 Å². The van der Waals surface area contributed by atoms with Crippen LogP contribution < -0.4 is 0 Å². The molecule has 7 unspecified atom stereocenters. The predicted molar refractivity (Wildman–Crippen MR) is 177 cm³/mol. The van der Waals surface area contributed by atoms with Crippen molar-refractivity contribution in [2.75, 3.05) is 27.2 Å². The van der Waals surface area contributed by atoms with E-state index in [0.29, 0.717) is 0 Å². The molecule has 0 bridgehead atoms. The minimum atomic E-state index is 0.806. The van der Waals surface area contributed by atoms with E-state index in [1.165, 1.54) is 102 Å². The third-order valence-electron chi connectivity index (χ3n) is 10.8. The lowest BCUT2D eigenvalue weighted by Gasteiger charge is -2.38. The van der Waals surface area contributed by atoms with E-state index in [2.05, 4.69) is 91.1 Å². The van der Waals surface area contributed by atoms with Crippen molar-refractivity contribution in [2.24, 2.45) is 41.4 Å². The quantitative estimate of drug-likeness (QED) is 0.0987. The number of nitrogens with zero attached hydrogens (tertiary/aromatic N) is 2. The molecule has 230 valence electrons. The van der Waals surface area contributed by atoms with Crippen LogP contribution in [-0.2, 0) is 0 Å². The summed E-state index contributed by atoms with van der Waals surface area (Å²) < 4.78 is 0. The Bertz CT molecular complexity index is 639. The van der Waals surface area contributed by atoms with Gasteiger partial charge in [0.05, 0.1) is 5.82 Å². The maximum absolute atomic E-state index is 4.40. The van der Waals surface area contributed by atoms with Crippen molar-refractivity contribution < 1.29 is 0 Å². The third kappa shape index (κ3) is 13.5. The van der Waals surface area contributed by atoms with E-state index in [1.807, 2.05) is 0 Å². The fourth-order valence-electron chi connectivity index (χ4n) is 7.73. The van der Waals surface area contributed by atoms with Gasteiger partial charge in [0.25, 0.3) is 0 Å². The topological polar surface area (TPSA) is 6.48 Å². The van der Waals surface area contributed by atoms with Crippen molar-refractivity contribution in [1.29, 1.82) is 0 Å². The third-order valence-corrected chi connectivity index (χ3v) is 10.8. The maximum Gasteiger partial charge on any atom is 0.0959 e. The molecule has 0 N–H and O–H groups in total. The van der Waals surface area contributed by atoms with Crippen LogP contribution in [0.15, 0.2) is 24.6 Å². The van der Waals surface area contributed by atoms with Gasteiger partial charge in [-0.2, -0.15) is 0 Å². The van der Waals surface area contributed by atoms with Gasteiger partial charge in [-0.3, -0.25) is 0 Å². The fraction of sp³-hybridized carbons (Fsp3) is 0.892. The number of allylic oxidation sites excluding steroid dienone is 2. The summed E-state index contributed by atoms with van der Waals surface area (Å²) >= 11 is 0. The van der Waals surface area contributed by atoms with Gasteiger partial charge in [-0.25, -0.2) is 0 Å². The van der Waals surface area contributed by atoms with Crippen molar-refractivity contribution in [3.63, 3.8) is 0 Å². The summed E-state index contributed by atoms with van der Waals surface area (Å²) in [7, 11) is 4.45. The number of hydrogen-bond acceptors (Lipinski definition) is 2. The van der Waals surface area contributed by atoms with Gasteiger partial charge in [-0.05, 0) is 86.4 Å². The zero-order chi connectivity index (χ0) is 29.2. The Hall–Kier alpha value is -0.920. The van der Waals surface area contributed by atoms with Crippen LogP contribution in [0.5, 0.6) is 0 Å². The molecule has 0 heterocycles. The Kier molecular flexibility index (Phi) is 19.3. The fourth-order valence-corrected chi connectivity index (χ4v) is 7.73. The van der Waals surface area contributed by atoms with Crippen molar-refractivity contribution in [3.05, 3.63) is 24.6 Å². The summed E-state index contributed by atoms with van der Waals surface area (Å²) in [4.78, 5) is 4.75. The molecule has 2 nitrogen and oxygen atoms in total. The average Bonchev–Trinajstić information content (AvgIpc) is 2.93. The van der Waals surface area contributed by atoms with E-state index in [0.717, 1.165) is 54.5 Å². The Morgan fingerprint density at radius 2 is 1.54 bits per heavy atom. The summed E-state index contributed by atoms with van der Waals surface area (Å²) in [6.45, 7) is 23.6. The molecule has 0 spiro atoms. The molecule has 0 aromatic rings. The Labute approximate surface area is 247 Å². The highest BCUT2D eigenvalue weighted by atomic mass is 15.3. The second-order valence-corrected chi connectivity index (χ2v) is 13.7. The molecule has 1 aliphatic carbocycles. The van der Waals surface area contributed by atoms with E-state index in [-0.39, 0.29) is 0 Å². The minimum absolute atomic E-state index is 0.806. The van der Waals surface area contributed by atoms with Crippen LogP contribution >= 0.6 is 0 Å². The molecule has 39 heavy (non-hydrogen) atoms. The Morgan fingerprint density at radius 1 is 0.872 bits per heavy atom. The van der Waals surface area contributed by atoms with Crippen LogP contribution in [0.4, 0.5) is 0 Å². The molecule has 0 amide bonds. The zero-order valence-corrected chi connectivity index (χ0v) is 28.3. The first-order valence-corrected chi connectivity index (χ1v) is 17.5. The highest BCUT2D eigenvalue weighted by Crippen LogP contribution is 2.41. The molecule has 1 aliphatic rings. The van der Waals surface area contributed by atoms with Crippen LogP contribution in [0.25, 0.3) is 0 Å². The lowest BCUT2D eigenvalue weighted by molar-refractivity contribution is 0.119. The van der Waals surface area contributed by atoms with Gasteiger partial charge in [0.15, 0.2) is 0 Å². The Morgan fingerprint density at radius 3 is 2.13 bits per heavy atom. The lowest BCUT2D eigenvalue weighted by atomic mass is 9.67. The highest BCUT2D eigenvalue weighted by molar-refractivity contribution is 4.91. The second kappa shape index (κ2) is 20.9. The standard InChI is InChI=1S/C37H72N2/c1-11-23-35(12-2)37(14-4)30(5)24-19-16-15-17-21-26-38(9)33(8)39(10)27-22-18-20-25-34-28-31(6)32(7)36(13-3)29-34/h16,19,30-32,34-37H,8,11-15,17-18,20-29H2,1-7,9-10H3/b19-16+. The highest BCUT2D eigenvalue weighted by Gasteiger charge is 2.31. The van der Waals surface area contributed by atoms with Gasteiger partial charge in [0.1, 0.15) is 0 Å². The second-order valence-electron chi connectivity index (χ2n) is 13.7. The summed E-state index contributed by atoms with van der Waals surface area (Å²) in [5.41, 5.74) is 0. The van der Waals surface area contributed by atoms with Crippen molar-refractivity contribution in [1.82, 2.24) is 9.80 Å². The molecule has 2 heteroatoms. The normalized spacial score (nSPS) is 24.0. The van der Waals surface area contributed by atoms with E-state index < -0.39 is 0 Å². The molecule has 7 atom stereocenters. The van der Waals surface area contributed by atoms with Gasteiger partial charge >= 0.3 is 0 Å². The minimum Gasteiger partial charge on any atom is -0.362 e. The van der Waals surface area contributed by atoms with Gasteiger partial charge in [-0.15, -0.1) is 0 Å². The van der Waals surface area contributed by atoms with E-state index in [9.17, 15) is 0 Å². The van der Waals surface area contributed by atoms with E-state index >= 15 is 0 Å². The van der Waals surface area contributed by atoms with Gasteiger partial charge in [0, 0.05) is 27.2 Å². The smallest absolute Gasteiger partial charge is 0.0959 e. The van der Waals surface area contributed by atoms with Crippen LogP contribution in [0.3, 0.4) is 0 Å². The number of hydrogen-bond donors (Lipinski definition) is 0. The van der Waals surface area contributed by atoms with Crippen LogP contribution in [0, 0.1) is 41.4 Å². The molecular formula is C37H72N2. The van der Waals surface area contributed by atoms with Crippen LogP contribution in [-0.4, -0.2) is 37.0 Å². The first-order valence-electron chi connectivity index (χ1n) is 17.5.